The normalized spacial score (nSPS) is 11.6. The van der Waals surface area contributed by atoms with Crippen molar-refractivity contribution < 1.29 is 8.42 Å². The summed E-state index contributed by atoms with van der Waals surface area (Å²) >= 11 is 0. The molecule has 124 valence electrons. The van der Waals surface area contributed by atoms with Gasteiger partial charge >= 0.3 is 0 Å². The summed E-state index contributed by atoms with van der Waals surface area (Å²) in [5.74, 6) is 0. The van der Waals surface area contributed by atoms with Gasteiger partial charge in [0.25, 0.3) is 10.0 Å². The van der Waals surface area contributed by atoms with Gasteiger partial charge < -0.3 is 0 Å². The van der Waals surface area contributed by atoms with Crippen LogP contribution in [0.2, 0.25) is 0 Å². The van der Waals surface area contributed by atoms with E-state index in [1.807, 2.05) is 65.0 Å². The lowest BCUT2D eigenvalue weighted by atomic mass is 9.95. The molecule has 2 aromatic rings. The van der Waals surface area contributed by atoms with E-state index in [2.05, 4.69) is 6.92 Å². The van der Waals surface area contributed by atoms with Crippen molar-refractivity contribution in [1.82, 2.24) is 0 Å². The van der Waals surface area contributed by atoms with Crippen LogP contribution in [0.15, 0.2) is 35.2 Å². The second-order valence-electron chi connectivity index (χ2n) is 5.96. The Morgan fingerprint density at radius 1 is 0.783 bits per heavy atom. The van der Waals surface area contributed by atoms with E-state index in [1.165, 1.54) is 9.87 Å². The molecule has 2 rings (SSSR count). The lowest BCUT2D eigenvalue weighted by molar-refractivity contribution is 0.590. The van der Waals surface area contributed by atoms with Gasteiger partial charge in [-0.25, -0.2) is 8.42 Å². The van der Waals surface area contributed by atoms with E-state index in [4.69, 9.17) is 0 Å². The molecule has 0 atom stereocenters. The Labute approximate surface area is 140 Å². The predicted octanol–water partition coefficient (Wildman–Crippen LogP) is 4.44. The Balaban J connectivity index is 2.74. The van der Waals surface area contributed by atoms with Crippen LogP contribution >= 0.6 is 0 Å². The lowest BCUT2D eigenvalue weighted by Crippen LogP contribution is -2.32. The van der Waals surface area contributed by atoms with Crippen LogP contribution in [-0.4, -0.2) is 15.0 Å². The quantitative estimate of drug-likeness (QED) is 0.830. The summed E-state index contributed by atoms with van der Waals surface area (Å²) in [4.78, 5) is 0.448. The zero-order valence-electron chi connectivity index (χ0n) is 14.8. The molecule has 23 heavy (non-hydrogen) atoms. The molecule has 3 nitrogen and oxygen atoms in total. The first-order valence-electron chi connectivity index (χ1n) is 7.88. The van der Waals surface area contributed by atoms with Gasteiger partial charge in [-0.15, -0.1) is 0 Å². The van der Waals surface area contributed by atoms with Gasteiger partial charge in [-0.2, -0.15) is 0 Å². The van der Waals surface area contributed by atoms with E-state index in [-0.39, 0.29) is 0 Å². The second kappa shape index (κ2) is 6.36. The Hall–Kier alpha value is -1.81. The number of anilines is 1. The highest BCUT2D eigenvalue weighted by Crippen LogP contribution is 2.33. The molecular weight excluding hydrogens is 306 g/mol. The highest BCUT2D eigenvalue weighted by atomic mass is 32.2. The number of para-hydroxylation sites is 1. The van der Waals surface area contributed by atoms with Crippen molar-refractivity contribution in [2.24, 2.45) is 0 Å². The summed E-state index contributed by atoms with van der Waals surface area (Å²) < 4.78 is 28.2. The Morgan fingerprint density at radius 2 is 1.22 bits per heavy atom. The fourth-order valence-electron chi connectivity index (χ4n) is 3.05. The summed E-state index contributed by atoms with van der Waals surface area (Å²) in [5, 5.41) is 0. The summed E-state index contributed by atoms with van der Waals surface area (Å²) in [6.07, 6.45) is 0. The lowest BCUT2D eigenvalue weighted by Gasteiger charge is -2.27. The fourth-order valence-corrected chi connectivity index (χ4v) is 5.09. The molecule has 0 aromatic heterocycles. The van der Waals surface area contributed by atoms with Crippen LogP contribution in [-0.2, 0) is 10.0 Å². The van der Waals surface area contributed by atoms with Gasteiger partial charge in [0.2, 0.25) is 0 Å². The molecule has 0 radical (unpaired) electrons. The minimum atomic E-state index is -3.59. The van der Waals surface area contributed by atoms with Crippen molar-refractivity contribution >= 4 is 15.7 Å². The van der Waals surface area contributed by atoms with E-state index < -0.39 is 10.0 Å². The van der Waals surface area contributed by atoms with Crippen LogP contribution in [0.4, 0.5) is 5.69 Å². The number of sulfonamides is 1. The van der Waals surface area contributed by atoms with Crippen molar-refractivity contribution in [3.05, 3.63) is 58.1 Å². The van der Waals surface area contributed by atoms with Gasteiger partial charge in [-0.1, -0.05) is 18.2 Å². The van der Waals surface area contributed by atoms with E-state index in [1.54, 1.807) is 0 Å². The van der Waals surface area contributed by atoms with E-state index in [0.29, 0.717) is 17.1 Å². The van der Waals surface area contributed by atoms with Crippen molar-refractivity contribution in [2.45, 2.75) is 46.4 Å². The SMILES string of the molecule is CCN(c1ccccc1)S(=O)(=O)c1c(C)c(C)c(C)c(C)c1C. The van der Waals surface area contributed by atoms with E-state index in [0.717, 1.165) is 22.3 Å². The third-order valence-corrected chi connectivity index (χ3v) is 6.99. The maximum atomic E-state index is 13.3. The molecule has 0 fully saturated rings. The molecule has 0 aliphatic carbocycles. The third-order valence-electron chi connectivity index (χ3n) is 4.81. The van der Waals surface area contributed by atoms with Crippen LogP contribution in [0.5, 0.6) is 0 Å². The minimum Gasteiger partial charge on any atom is -0.267 e. The third kappa shape index (κ3) is 2.88. The standard InChI is InChI=1S/C19H25NO2S/c1-7-20(18-11-9-8-10-12-18)23(21,22)19-16(5)14(3)13(2)15(4)17(19)6/h8-12H,7H2,1-6H3. The van der Waals surface area contributed by atoms with Crippen molar-refractivity contribution in [3.63, 3.8) is 0 Å². The molecule has 0 N–H and O–H groups in total. The number of nitrogens with zero attached hydrogens (tertiary/aromatic N) is 1. The number of rotatable bonds is 4. The zero-order valence-corrected chi connectivity index (χ0v) is 15.6. The van der Waals surface area contributed by atoms with Crippen LogP contribution in [0.25, 0.3) is 0 Å². The molecule has 0 aliphatic rings. The predicted molar refractivity (Wildman–Crippen MR) is 96.8 cm³/mol. The number of benzene rings is 2. The number of hydrogen-bond acceptors (Lipinski definition) is 2. The highest BCUT2D eigenvalue weighted by Gasteiger charge is 2.29. The van der Waals surface area contributed by atoms with E-state index >= 15 is 0 Å². The maximum Gasteiger partial charge on any atom is 0.264 e. The average molecular weight is 331 g/mol. The summed E-state index contributed by atoms with van der Waals surface area (Å²) in [5.41, 5.74) is 5.66. The van der Waals surface area contributed by atoms with Gasteiger partial charge in [0.05, 0.1) is 10.6 Å². The van der Waals surface area contributed by atoms with E-state index in [9.17, 15) is 8.42 Å². The first-order valence-corrected chi connectivity index (χ1v) is 9.32. The fraction of sp³-hybridized carbons (Fsp3) is 0.368. The Kier molecular flexibility index (Phi) is 4.85. The maximum absolute atomic E-state index is 13.3. The largest absolute Gasteiger partial charge is 0.267 e. The van der Waals surface area contributed by atoms with Crippen molar-refractivity contribution in [2.75, 3.05) is 10.8 Å². The van der Waals surface area contributed by atoms with Crippen LogP contribution in [0, 0.1) is 34.6 Å². The second-order valence-corrected chi connectivity index (χ2v) is 7.76. The van der Waals surface area contributed by atoms with Crippen LogP contribution in [0.3, 0.4) is 0 Å². The summed E-state index contributed by atoms with van der Waals surface area (Å²) in [6, 6.07) is 9.28. The Morgan fingerprint density at radius 3 is 1.65 bits per heavy atom. The molecule has 0 aliphatic heterocycles. The summed E-state index contributed by atoms with van der Waals surface area (Å²) in [6.45, 7) is 12.1. The van der Waals surface area contributed by atoms with Gasteiger partial charge in [-0.05, 0) is 81.5 Å². The first kappa shape index (κ1) is 17.5. The molecule has 0 bridgehead atoms. The number of hydrogen-bond donors (Lipinski definition) is 0. The summed E-state index contributed by atoms with van der Waals surface area (Å²) in [7, 11) is -3.59. The minimum absolute atomic E-state index is 0.400. The van der Waals surface area contributed by atoms with Gasteiger partial charge in [0.1, 0.15) is 0 Å². The molecule has 0 saturated carbocycles. The zero-order chi connectivity index (χ0) is 17.4. The smallest absolute Gasteiger partial charge is 0.264 e. The Bertz CT molecular complexity index is 795. The van der Waals surface area contributed by atoms with Crippen LogP contribution in [0.1, 0.15) is 34.7 Å². The van der Waals surface area contributed by atoms with Gasteiger partial charge in [0, 0.05) is 6.54 Å². The monoisotopic (exact) mass is 331 g/mol. The molecule has 4 heteroatoms. The highest BCUT2D eigenvalue weighted by molar-refractivity contribution is 7.93. The molecule has 0 unspecified atom stereocenters. The van der Waals surface area contributed by atoms with Gasteiger partial charge in [0.15, 0.2) is 0 Å². The molecule has 0 saturated heterocycles. The van der Waals surface area contributed by atoms with Gasteiger partial charge in [-0.3, -0.25) is 4.31 Å². The molecule has 0 amide bonds. The van der Waals surface area contributed by atoms with Crippen molar-refractivity contribution in [3.8, 4) is 0 Å². The van der Waals surface area contributed by atoms with Crippen molar-refractivity contribution in [1.29, 1.82) is 0 Å². The molecule has 2 aromatic carbocycles. The average Bonchev–Trinajstić information content (AvgIpc) is 2.52. The molecule has 0 spiro atoms. The first-order chi connectivity index (χ1) is 10.7. The molecular formula is C19H25NO2S. The topological polar surface area (TPSA) is 37.4 Å². The molecule has 0 heterocycles. The van der Waals surface area contributed by atoms with Crippen LogP contribution < -0.4 is 4.31 Å².